The van der Waals surface area contributed by atoms with Gasteiger partial charge in [0.05, 0.1) is 7.11 Å². The number of anilines is 1. The molecule has 0 fully saturated rings. The van der Waals surface area contributed by atoms with Gasteiger partial charge in [-0.3, -0.25) is 4.79 Å². The number of halogens is 1. The molecule has 5 heteroatoms. The number of ether oxygens (including phenoxy) is 1. The molecule has 37 heavy (non-hydrogen) atoms. The lowest BCUT2D eigenvalue weighted by molar-refractivity contribution is -0.116. The number of fused-ring (bicyclic) bond motifs is 1. The Morgan fingerprint density at radius 1 is 0.919 bits per heavy atom. The van der Waals surface area contributed by atoms with Crippen molar-refractivity contribution in [1.82, 2.24) is 4.57 Å². The van der Waals surface area contributed by atoms with Crippen LogP contribution in [0.3, 0.4) is 0 Å². The smallest absolute Gasteiger partial charge is 0.225 e. The van der Waals surface area contributed by atoms with E-state index in [4.69, 9.17) is 4.74 Å². The first-order valence-corrected chi connectivity index (χ1v) is 12.3. The molecule has 0 spiro atoms. The van der Waals surface area contributed by atoms with Crippen LogP contribution < -0.4 is 10.1 Å². The van der Waals surface area contributed by atoms with Gasteiger partial charge in [-0.15, -0.1) is 0 Å². The van der Waals surface area contributed by atoms with E-state index in [2.05, 4.69) is 22.1 Å². The summed E-state index contributed by atoms with van der Waals surface area (Å²) in [6, 6.07) is 30.5. The van der Waals surface area contributed by atoms with Crippen LogP contribution >= 0.6 is 0 Å². The summed E-state index contributed by atoms with van der Waals surface area (Å²) < 4.78 is 22.7. The Hall–Kier alpha value is -4.38. The van der Waals surface area contributed by atoms with E-state index < -0.39 is 5.92 Å². The third-order valence-electron chi connectivity index (χ3n) is 6.68. The van der Waals surface area contributed by atoms with Crippen LogP contribution in [0.2, 0.25) is 0 Å². The minimum absolute atomic E-state index is 0.117. The summed E-state index contributed by atoms with van der Waals surface area (Å²) in [5, 5.41) is 3.98. The van der Waals surface area contributed by atoms with E-state index in [1.165, 1.54) is 6.07 Å². The number of aryl methyl sites for hydroxylation is 1. The molecule has 4 nitrogen and oxygen atoms in total. The van der Waals surface area contributed by atoms with Crippen molar-refractivity contribution < 1.29 is 13.9 Å². The Morgan fingerprint density at radius 2 is 1.65 bits per heavy atom. The maximum absolute atomic E-state index is 15.3. The van der Waals surface area contributed by atoms with Gasteiger partial charge in [0.25, 0.3) is 0 Å². The maximum Gasteiger partial charge on any atom is 0.225 e. The normalized spacial score (nSPS) is 11.9. The summed E-state index contributed by atoms with van der Waals surface area (Å²) in [6.07, 6.45) is 2.18. The Morgan fingerprint density at radius 3 is 2.41 bits per heavy atom. The highest BCUT2D eigenvalue weighted by atomic mass is 19.1. The van der Waals surface area contributed by atoms with Crippen LogP contribution in [-0.2, 0) is 11.3 Å². The molecule has 4 aromatic carbocycles. The van der Waals surface area contributed by atoms with E-state index in [-0.39, 0.29) is 18.1 Å². The number of carbonyl (C=O) groups is 1. The third kappa shape index (κ3) is 5.41. The van der Waals surface area contributed by atoms with Crippen LogP contribution in [0, 0.1) is 12.7 Å². The highest BCUT2D eigenvalue weighted by Gasteiger charge is 2.25. The van der Waals surface area contributed by atoms with Gasteiger partial charge in [-0.05, 0) is 60.0 Å². The standard InChI is InChI=1S/C32H29FN2O2/c1-22-12-17-30(33)28(18-22)27(19-32(36)34-24-8-4-3-5-9-24)29-21-35(31-11-7-6-10-26(29)31)20-23-13-15-25(37-2)16-14-23/h3-18,21,27H,19-20H2,1-2H3,(H,34,36)/t27-/m1/s1. The van der Waals surface area contributed by atoms with E-state index in [1.54, 1.807) is 13.2 Å². The van der Waals surface area contributed by atoms with E-state index >= 15 is 4.39 Å². The van der Waals surface area contributed by atoms with E-state index in [9.17, 15) is 4.79 Å². The predicted molar refractivity (Wildman–Crippen MR) is 147 cm³/mol. The molecule has 0 radical (unpaired) electrons. The SMILES string of the molecule is COc1ccc(Cn2cc([C@H](CC(=O)Nc3ccccc3)c3cc(C)ccc3F)c3ccccc32)cc1. The van der Waals surface area contributed by atoms with Gasteiger partial charge in [-0.1, -0.05) is 66.2 Å². The highest BCUT2D eigenvalue weighted by molar-refractivity contribution is 5.93. The zero-order valence-corrected chi connectivity index (χ0v) is 20.9. The zero-order valence-electron chi connectivity index (χ0n) is 20.9. The number of amides is 1. The summed E-state index contributed by atoms with van der Waals surface area (Å²) in [4.78, 5) is 13.2. The number of hydrogen-bond acceptors (Lipinski definition) is 2. The molecule has 0 unspecified atom stereocenters. The lowest BCUT2D eigenvalue weighted by Crippen LogP contribution is -2.17. The molecule has 0 aliphatic rings. The van der Waals surface area contributed by atoms with Crippen LogP contribution in [0.4, 0.5) is 10.1 Å². The summed E-state index contributed by atoms with van der Waals surface area (Å²) in [7, 11) is 1.65. The van der Waals surface area contributed by atoms with Crippen molar-refractivity contribution in [2.45, 2.75) is 25.8 Å². The second-order valence-electron chi connectivity index (χ2n) is 9.27. The number of benzene rings is 4. The van der Waals surface area contributed by atoms with Gasteiger partial charge >= 0.3 is 0 Å². The number of carbonyl (C=O) groups excluding carboxylic acids is 1. The minimum Gasteiger partial charge on any atom is -0.497 e. The van der Waals surface area contributed by atoms with Crippen LogP contribution in [-0.4, -0.2) is 17.6 Å². The van der Waals surface area contributed by atoms with Crippen molar-refractivity contribution in [2.75, 3.05) is 12.4 Å². The molecule has 1 heterocycles. The largest absolute Gasteiger partial charge is 0.497 e. The van der Waals surface area contributed by atoms with Gasteiger partial charge in [0.15, 0.2) is 0 Å². The summed E-state index contributed by atoms with van der Waals surface area (Å²) in [5.41, 5.74) is 5.28. The lowest BCUT2D eigenvalue weighted by Gasteiger charge is -2.19. The average molecular weight is 493 g/mol. The van der Waals surface area contributed by atoms with Crippen LogP contribution in [0.1, 0.15) is 34.6 Å². The van der Waals surface area contributed by atoms with Gasteiger partial charge in [0, 0.05) is 41.7 Å². The number of methoxy groups -OCH3 is 1. The molecule has 0 saturated carbocycles. The van der Waals surface area contributed by atoms with Crippen molar-refractivity contribution in [3.8, 4) is 5.75 Å². The summed E-state index contributed by atoms with van der Waals surface area (Å²) in [6.45, 7) is 2.58. The fraction of sp³-hybridized carbons (Fsp3) is 0.156. The molecule has 1 atom stereocenters. The number of hydrogen-bond donors (Lipinski definition) is 1. The molecular formula is C32H29FN2O2. The average Bonchev–Trinajstić information content (AvgIpc) is 3.28. The van der Waals surface area contributed by atoms with Crippen LogP contribution in [0.5, 0.6) is 5.75 Å². The summed E-state index contributed by atoms with van der Waals surface area (Å²) in [5.74, 6) is -0.119. The molecule has 186 valence electrons. The van der Waals surface area contributed by atoms with Crippen molar-refractivity contribution in [3.63, 3.8) is 0 Å². The van der Waals surface area contributed by atoms with E-state index in [1.807, 2.05) is 85.8 Å². The number of aromatic nitrogens is 1. The van der Waals surface area contributed by atoms with Crippen LogP contribution in [0.25, 0.3) is 10.9 Å². The molecule has 5 rings (SSSR count). The minimum atomic E-state index is -0.453. The topological polar surface area (TPSA) is 43.3 Å². The van der Waals surface area contributed by atoms with E-state index in [0.717, 1.165) is 39.0 Å². The predicted octanol–water partition coefficient (Wildman–Crippen LogP) is 7.31. The number of nitrogens with one attached hydrogen (secondary N) is 1. The molecular weight excluding hydrogens is 463 g/mol. The molecule has 0 aliphatic heterocycles. The fourth-order valence-electron chi connectivity index (χ4n) is 4.85. The lowest BCUT2D eigenvalue weighted by atomic mass is 9.87. The molecule has 0 bridgehead atoms. The molecule has 1 aromatic heterocycles. The highest BCUT2D eigenvalue weighted by Crippen LogP contribution is 2.37. The van der Waals surface area contributed by atoms with Crippen molar-refractivity contribution >= 4 is 22.5 Å². The second-order valence-corrected chi connectivity index (χ2v) is 9.27. The first-order chi connectivity index (χ1) is 18.0. The van der Waals surface area contributed by atoms with Gasteiger partial charge in [0.2, 0.25) is 5.91 Å². The third-order valence-corrected chi connectivity index (χ3v) is 6.68. The van der Waals surface area contributed by atoms with Crippen molar-refractivity contribution in [3.05, 3.63) is 131 Å². The van der Waals surface area contributed by atoms with E-state index in [0.29, 0.717) is 12.1 Å². The fourth-order valence-corrected chi connectivity index (χ4v) is 4.85. The number of nitrogens with zero attached hydrogens (tertiary/aromatic N) is 1. The second kappa shape index (κ2) is 10.7. The van der Waals surface area contributed by atoms with Gasteiger partial charge in [-0.2, -0.15) is 0 Å². The van der Waals surface area contributed by atoms with Crippen molar-refractivity contribution in [2.24, 2.45) is 0 Å². The maximum atomic E-state index is 15.3. The Labute approximate surface area is 216 Å². The zero-order chi connectivity index (χ0) is 25.8. The van der Waals surface area contributed by atoms with Gasteiger partial charge in [0.1, 0.15) is 11.6 Å². The number of rotatable bonds is 8. The monoisotopic (exact) mass is 492 g/mol. The summed E-state index contributed by atoms with van der Waals surface area (Å²) >= 11 is 0. The molecule has 1 amide bonds. The van der Waals surface area contributed by atoms with Gasteiger partial charge < -0.3 is 14.6 Å². The molecule has 0 saturated heterocycles. The Bertz CT molecular complexity index is 1520. The first-order valence-electron chi connectivity index (χ1n) is 12.3. The van der Waals surface area contributed by atoms with Crippen LogP contribution in [0.15, 0.2) is 103 Å². The Balaban J connectivity index is 1.56. The molecule has 1 N–H and O–H groups in total. The first kappa shape index (κ1) is 24.3. The quantitative estimate of drug-likeness (QED) is 0.247. The molecule has 0 aliphatic carbocycles. The van der Waals surface area contributed by atoms with Gasteiger partial charge in [-0.25, -0.2) is 4.39 Å². The molecule has 5 aromatic rings. The Kier molecular flexibility index (Phi) is 7.04. The van der Waals surface area contributed by atoms with Crippen molar-refractivity contribution in [1.29, 1.82) is 0 Å². The number of para-hydroxylation sites is 2.